The first-order valence-corrected chi connectivity index (χ1v) is 13.9. The Kier molecular flexibility index (Phi) is 6.99. The number of phenolic OH excluding ortho intramolecular Hbond substituents is 1. The number of benzene rings is 3. The van der Waals surface area contributed by atoms with Gasteiger partial charge in [0.1, 0.15) is 11.4 Å². The van der Waals surface area contributed by atoms with E-state index in [0.717, 1.165) is 37.7 Å². The van der Waals surface area contributed by atoms with E-state index in [9.17, 15) is 24.3 Å². The van der Waals surface area contributed by atoms with E-state index in [-0.39, 0.29) is 30.5 Å². The van der Waals surface area contributed by atoms with Crippen LogP contribution >= 0.6 is 11.6 Å². The number of nitrogens with one attached hydrogen (secondary N) is 2. The highest BCUT2D eigenvalue weighted by molar-refractivity contribution is 6.19. The van der Waals surface area contributed by atoms with Gasteiger partial charge in [-0.25, -0.2) is 5.43 Å². The summed E-state index contributed by atoms with van der Waals surface area (Å²) in [6.07, 6.45) is 2.27. The van der Waals surface area contributed by atoms with Crippen molar-refractivity contribution < 1.29 is 24.3 Å². The molecule has 42 heavy (non-hydrogen) atoms. The maximum Gasteiger partial charge on any atom is 0.274 e. The molecule has 1 atom stereocenters. The summed E-state index contributed by atoms with van der Waals surface area (Å²) in [5.74, 6) is -1.18. The van der Waals surface area contributed by atoms with Crippen LogP contribution in [0.3, 0.4) is 0 Å². The number of aromatic nitrogens is 1. The number of H-pyrrole nitrogens is 1. The van der Waals surface area contributed by atoms with Gasteiger partial charge in [0.15, 0.2) is 0 Å². The fourth-order valence-electron chi connectivity index (χ4n) is 5.49. The molecule has 0 spiro atoms. The molecule has 2 aliphatic rings. The number of nitrogens with zero attached hydrogens (tertiary/aromatic N) is 3. The van der Waals surface area contributed by atoms with E-state index in [0.29, 0.717) is 29.5 Å². The van der Waals surface area contributed by atoms with Crippen LogP contribution in [0.1, 0.15) is 40.9 Å². The number of carbonyl (C=O) groups excluding carboxylic acids is 4. The molecule has 11 heteroatoms. The molecule has 0 radical (unpaired) electrons. The molecule has 3 N–H and O–H groups in total. The van der Waals surface area contributed by atoms with E-state index in [1.54, 1.807) is 24.0 Å². The Morgan fingerprint density at radius 1 is 1.07 bits per heavy atom. The SMILES string of the molecule is C/C(=N\NC(=O)CCN1C(=O)C=CC1=O)c1ccc2[nH]c(C(=O)N3C[C@@H](CCl)c4c3cc(O)c3ccccc43)cc2c1. The fraction of sp³-hybridized carbons (Fsp3) is 0.194. The molecule has 0 saturated heterocycles. The summed E-state index contributed by atoms with van der Waals surface area (Å²) in [4.78, 5) is 55.1. The van der Waals surface area contributed by atoms with Crippen molar-refractivity contribution in [3.8, 4) is 5.75 Å². The third-order valence-electron chi connectivity index (χ3n) is 7.66. The van der Waals surface area contributed by atoms with Crippen LogP contribution in [0.2, 0.25) is 0 Å². The van der Waals surface area contributed by atoms with E-state index in [1.807, 2.05) is 42.5 Å². The minimum atomic E-state index is -0.440. The predicted molar refractivity (Wildman–Crippen MR) is 160 cm³/mol. The predicted octanol–water partition coefficient (Wildman–Crippen LogP) is 4.16. The Hall–Kier alpha value is -4.96. The highest BCUT2D eigenvalue weighted by Gasteiger charge is 2.35. The molecular formula is C31H26ClN5O5. The lowest BCUT2D eigenvalue weighted by atomic mass is 9.95. The summed E-state index contributed by atoms with van der Waals surface area (Å²) in [5.41, 5.74) is 6.47. The fourth-order valence-corrected chi connectivity index (χ4v) is 5.75. The Bertz CT molecular complexity index is 1840. The molecule has 1 aromatic heterocycles. The van der Waals surface area contributed by atoms with Gasteiger partial charge >= 0.3 is 0 Å². The molecule has 3 aromatic carbocycles. The maximum absolute atomic E-state index is 13.7. The number of amides is 4. The largest absolute Gasteiger partial charge is 0.507 e. The van der Waals surface area contributed by atoms with E-state index in [4.69, 9.17) is 11.6 Å². The number of rotatable bonds is 7. The summed E-state index contributed by atoms with van der Waals surface area (Å²) < 4.78 is 0. The third kappa shape index (κ3) is 4.79. The van der Waals surface area contributed by atoms with Crippen molar-refractivity contribution in [2.24, 2.45) is 5.10 Å². The third-order valence-corrected chi connectivity index (χ3v) is 8.03. The molecule has 0 fully saturated rings. The van der Waals surface area contributed by atoms with Crippen molar-refractivity contribution in [2.45, 2.75) is 19.3 Å². The van der Waals surface area contributed by atoms with Crippen LogP contribution in [0.15, 0.2) is 71.9 Å². The molecule has 0 bridgehead atoms. The normalized spacial score (nSPS) is 16.6. The van der Waals surface area contributed by atoms with Gasteiger partial charge < -0.3 is 15.0 Å². The van der Waals surface area contributed by atoms with Crippen LogP contribution in [0.25, 0.3) is 21.7 Å². The molecule has 2 aliphatic heterocycles. The number of hydrogen-bond donors (Lipinski definition) is 3. The highest BCUT2D eigenvalue weighted by Crippen LogP contribution is 2.45. The number of alkyl halides is 1. The molecule has 0 unspecified atom stereocenters. The quantitative estimate of drug-likeness (QED) is 0.130. The topological polar surface area (TPSA) is 135 Å². The number of fused-ring (bicyclic) bond motifs is 4. The lowest BCUT2D eigenvalue weighted by molar-refractivity contribution is -0.137. The zero-order valence-corrected chi connectivity index (χ0v) is 23.3. The zero-order chi connectivity index (χ0) is 29.5. The summed E-state index contributed by atoms with van der Waals surface area (Å²) in [5, 5.41) is 17.2. The lowest BCUT2D eigenvalue weighted by Crippen LogP contribution is -2.33. The standard InChI is InChI=1S/C31H26ClN5O5/c1-17(34-35-27(39)10-11-36-28(40)8-9-29(36)41)18-6-7-23-19(12-18)13-24(33-23)31(42)37-16-20(15-32)30-22-5-3-2-4-21(22)26(38)14-25(30)37/h2-9,12-14,20,33,38H,10-11,15-16H2,1H3,(H,35,39)/b34-17+/t20-/m1/s1. The second-order valence-electron chi connectivity index (χ2n) is 10.3. The van der Waals surface area contributed by atoms with Gasteiger partial charge in [-0.05, 0) is 41.6 Å². The number of phenols is 1. The van der Waals surface area contributed by atoms with Gasteiger partial charge in [-0.3, -0.25) is 24.1 Å². The average molecular weight is 584 g/mol. The first-order chi connectivity index (χ1) is 20.2. The van der Waals surface area contributed by atoms with Gasteiger partial charge in [-0.1, -0.05) is 30.3 Å². The van der Waals surface area contributed by atoms with Crippen LogP contribution < -0.4 is 10.3 Å². The lowest BCUT2D eigenvalue weighted by Gasteiger charge is -2.17. The molecule has 212 valence electrons. The number of imide groups is 1. The van der Waals surface area contributed by atoms with Crippen molar-refractivity contribution >= 4 is 68.3 Å². The Morgan fingerprint density at radius 2 is 1.81 bits per heavy atom. The second kappa shape index (κ2) is 10.8. The van der Waals surface area contributed by atoms with E-state index in [1.165, 1.54) is 12.2 Å². The minimum absolute atomic E-state index is 0.0276. The molecule has 4 aromatic rings. The van der Waals surface area contributed by atoms with Gasteiger partial charge in [-0.15, -0.1) is 11.6 Å². The van der Waals surface area contributed by atoms with Gasteiger partial charge in [0.2, 0.25) is 5.91 Å². The van der Waals surface area contributed by atoms with Crippen molar-refractivity contribution in [3.63, 3.8) is 0 Å². The molecule has 0 aliphatic carbocycles. The maximum atomic E-state index is 13.7. The number of aromatic amines is 1. The van der Waals surface area contributed by atoms with Crippen LogP contribution in [-0.4, -0.2) is 63.3 Å². The van der Waals surface area contributed by atoms with Gasteiger partial charge in [0, 0.05) is 65.8 Å². The molecule has 10 nitrogen and oxygen atoms in total. The zero-order valence-electron chi connectivity index (χ0n) is 22.6. The van der Waals surface area contributed by atoms with Crippen LogP contribution in [0.5, 0.6) is 5.75 Å². The number of halogens is 1. The first kappa shape index (κ1) is 27.2. The number of carbonyl (C=O) groups is 4. The average Bonchev–Trinajstić information content (AvgIpc) is 3.68. The monoisotopic (exact) mass is 583 g/mol. The van der Waals surface area contributed by atoms with E-state index < -0.39 is 17.7 Å². The number of hydrazone groups is 1. The Balaban J connectivity index is 1.19. The molecule has 3 heterocycles. The van der Waals surface area contributed by atoms with E-state index >= 15 is 0 Å². The van der Waals surface area contributed by atoms with Crippen LogP contribution in [0.4, 0.5) is 5.69 Å². The number of aromatic hydroxyl groups is 1. The summed E-state index contributed by atoms with van der Waals surface area (Å²) in [7, 11) is 0. The number of anilines is 1. The van der Waals surface area contributed by atoms with Crippen molar-refractivity contribution in [3.05, 3.63) is 83.6 Å². The van der Waals surface area contributed by atoms with Gasteiger partial charge in [-0.2, -0.15) is 5.10 Å². The second-order valence-corrected chi connectivity index (χ2v) is 10.6. The summed E-state index contributed by atoms with van der Waals surface area (Å²) in [6, 6.07) is 16.5. The Labute approximate surface area is 245 Å². The summed E-state index contributed by atoms with van der Waals surface area (Å²) in [6.45, 7) is 2.11. The number of hydrogen-bond acceptors (Lipinski definition) is 6. The smallest absolute Gasteiger partial charge is 0.274 e. The Morgan fingerprint density at radius 3 is 2.55 bits per heavy atom. The van der Waals surface area contributed by atoms with Crippen molar-refractivity contribution in [1.29, 1.82) is 0 Å². The molecule has 0 saturated carbocycles. The minimum Gasteiger partial charge on any atom is -0.507 e. The molecular weight excluding hydrogens is 558 g/mol. The first-order valence-electron chi connectivity index (χ1n) is 13.4. The summed E-state index contributed by atoms with van der Waals surface area (Å²) >= 11 is 6.33. The molecule has 4 amide bonds. The molecule has 6 rings (SSSR count). The van der Waals surface area contributed by atoms with Gasteiger partial charge in [0.05, 0.1) is 11.4 Å². The van der Waals surface area contributed by atoms with Crippen LogP contribution in [-0.2, 0) is 14.4 Å². The van der Waals surface area contributed by atoms with E-state index in [2.05, 4.69) is 15.5 Å². The van der Waals surface area contributed by atoms with Crippen molar-refractivity contribution in [1.82, 2.24) is 15.3 Å². The van der Waals surface area contributed by atoms with Crippen LogP contribution in [0, 0.1) is 0 Å². The van der Waals surface area contributed by atoms with Gasteiger partial charge in [0.25, 0.3) is 17.7 Å². The highest BCUT2D eigenvalue weighted by atomic mass is 35.5. The van der Waals surface area contributed by atoms with Crippen molar-refractivity contribution in [2.75, 3.05) is 23.9 Å².